The summed E-state index contributed by atoms with van der Waals surface area (Å²) in [7, 11) is 1.26. The highest BCUT2D eigenvalue weighted by Gasteiger charge is 2.03. The van der Waals surface area contributed by atoms with E-state index < -0.39 is 11.7 Å². The van der Waals surface area contributed by atoms with Crippen molar-refractivity contribution < 1.29 is 9.53 Å². The second kappa shape index (κ2) is 2.96. The smallest absolute Gasteiger partial charge is 0.344 e. The van der Waals surface area contributed by atoms with E-state index in [4.69, 9.17) is 0 Å². The molecule has 0 spiro atoms. The Morgan fingerprint density at radius 3 is 2.91 bits per heavy atom. The zero-order valence-electron chi connectivity index (χ0n) is 5.83. The summed E-state index contributed by atoms with van der Waals surface area (Å²) in [4.78, 5) is 26.7. The van der Waals surface area contributed by atoms with Gasteiger partial charge in [0.15, 0.2) is 0 Å². The predicted octanol–water partition coefficient (Wildman–Crippen LogP) is -0.444. The Morgan fingerprint density at radius 2 is 2.45 bits per heavy atom. The van der Waals surface area contributed by atoms with Crippen LogP contribution in [0.4, 0.5) is 0 Å². The van der Waals surface area contributed by atoms with E-state index in [1.807, 2.05) is 0 Å². The maximum absolute atomic E-state index is 10.7. The average Bonchev–Trinajstić information content (AvgIpc) is 2.05. The molecular formula is C6H6N2O3. The van der Waals surface area contributed by atoms with Gasteiger partial charge in [-0.15, -0.1) is 0 Å². The summed E-state index contributed by atoms with van der Waals surface area (Å²) < 4.78 is 4.38. The number of esters is 1. The molecule has 0 aliphatic carbocycles. The first-order valence-corrected chi connectivity index (χ1v) is 2.87. The van der Waals surface area contributed by atoms with Crippen molar-refractivity contribution in [2.45, 2.75) is 0 Å². The number of H-pyrrole nitrogens is 1. The van der Waals surface area contributed by atoms with E-state index in [9.17, 15) is 9.59 Å². The van der Waals surface area contributed by atoms with Crippen LogP contribution in [0, 0.1) is 0 Å². The van der Waals surface area contributed by atoms with Gasteiger partial charge >= 0.3 is 11.7 Å². The minimum absolute atomic E-state index is 0.229. The molecule has 1 aromatic rings. The Labute approximate surface area is 62.0 Å². The molecule has 1 rings (SSSR count). The predicted molar refractivity (Wildman–Crippen MR) is 36.2 cm³/mol. The molecule has 1 aromatic heterocycles. The van der Waals surface area contributed by atoms with Crippen molar-refractivity contribution in [3.05, 3.63) is 28.4 Å². The lowest BCUT2D eigenvalue weighted by molar-refractivity contribution is 0.0599. The van der Waals surface area contributed by atoms with E-state index in [1.54, 1.807) is 0 Å². The maximum atomic E-state index is 10.7. The zero-order chi connectivity index (χ0) is 8.27. The minimum Gasteiger partial charge on any atom is -0.465 e. The molecule has 1 heterocycles. The summed E-state index contributed by atoms with van der Waals surface area (Å²) in [5, 5.41) is 0. The Kier molecular flexibility index (Phi) is 2.00. The minimum atomic E-state index is -0.520. The van der Waals surface area contributed by atoms with E-state index in [0.29, 0.717) is 0 Å². The Bertz CT molecular complexity index is 297. The lowest BCUT2D eigenvalue weighted by Crippen LogP contribution is -2.12. The maximum Gasteiger partial charge on any atom is 0.344 e. The standard InChI is InChI=1S/C6H6N2O3/c1-11-5(9)4-2-7-6(10)8-3-4/h2-3H,1H3,(H,7,8,10). The number of carbonyl (C=O) groups excluding carboxylic acids is 1. The molecule has 0 radical (unpaired) electrons. The molecule has 0 saturated heterocycles. The van der Waals surface area contributed by atoms with Gasteiger partial charge in [0.2, 0.25) is 0 Å². The molecule has 11 heavy (non-hydrogen) atoms. The summed E-state index contributed by atoms with van der Waals surface area (Å²) in [6, 6.07) is 0. The van der Waals surface area contributed by atoms with E-state index in [2.05, 4.69) is 14.7 Å². The number of methoxy groups -OCH3 is 1. The number of hydrogen-bond donors (Lipinski definition) is 1. The largest absolute Gasteiger partial charge is 0.465 e. The van der Waals surface area contributed by atoms with Gasteiger partial charge in [0.25, 0.3) is 0 Å². The van der Waals surface area contributed by atoms with Crippen LogP contribution in [0.15, 0.2) is 17.2 Å². The highest BCUT2D eigenvalue weighted by molar-refractivity contribution is 5.88. The molecule has 0 fully saturated rings. The molecule has 5 heteroatoms. The second-order valence-electron chi connectivity index (χ2n) is 1.80. The van der Waals surface area contributed by atoms with Crippen LogP contribution in [-0.2, 0) is 4.74 Å². The van der Waals surface area contributed by atoms with Crippen LogP contribution in [0.2, 0.25) is 0 Å². The Morgan fingerprint density at radius 1 is 1.73 bits per heavy atom. The monoisotopic (exact) mass is 154 g/mol. The van der Waals surface area contributed by atoms with E-state index in [0.717, 1.165) is 6.20 Å². The van der Waals surface area contributed by atoms with Crippen LogP contribution in [0.5, 0.6) is 0 Å². The summed E-state index contributed by atoms with van der Waals surface area (Å²) in [5.41, 5.74) is -0.259. The van der Waals surface area contributed by atoms with Gasteiger partial charge in [0.1, 0.15) is 0 Å². The second-order valence-corrected chi connectivity index (χ2v) is 1.80. The molecule has 58 valence electrons. The van der Waals surface area contributed by atoms with Gasteiger partial charge in [0.05, 0.1) is 12.7 Å². The molecule has 0 atom stereocenters. The highest BCUT2D eigenvalue weighted by Crippen LogP contribution is 1.92. The number of aromatic nitrogens is 2. The normalized spacial score (nSPS) is 9.18. The molecule has 5 nitrogen and oxygen atoms in total. The Balaban J connectivity index is 2.99. The lowest BCUT2D eigenvalue weighted by atomic mass is 10.3. The average molecular weight is 154 g/mol. The van der Waals surface area contributed by atoms with E-state index >= 15 is 0 Å². The van der Waals surface area contributed by atoms with Crippen LogP contribution in [0.1, 0.15) is 10.4 Å². The molecule has 1 N–H and O–H groups in total. The quantitative estimate of drug-likeness (QED) is 0.556. The summed E-state index contributed by atoms with van der Waals surface area (Å²) in [6.45, 7) is 0. The van der Waals surface area contributed by atoms with Crippen molar-refractivity contribution >= 4 is 5.97 Å². The topological polar surface area (TPSA) is 72.0 Å². The van der Waals surface area contributed by atoms with Crippen LogP contribution < -0.4 is 5.69 Å². The number of ether oxygens (including phenoxy) is 1. The van der Waals surface area contributed by atoms with Crippen LogP contribution >= 0.6 is 0 Å². The van der Waals surface area contributed by atoms with Crippen molar-refractivity contribution in [1.29, 1.82) is 0 Å². The summed E-state index contributed by atoms with van der Waals surface area (Å²) in [6.07, 6.45) is 2.41. The number of carbonyl (C=O) groups is 1. The first-order chi connectivity index (χ1) is 5.24. The molecular weight excluding hydrogens is 148 g/mol. The van der Waals surface area contributed by atoms with E-state index in [1.165, 1.54) is 13.3 Å². The fourth-order valence-corrected chi connectivity index (χ4v) is 0.572. The van der Waals surface area contributed by atoms with Crippen molar-refractivity contribution in [3.8, 4) is 0 Å². The van der Waals surface area contributed by atoms with Gasteiger partial charge in [-0.05, 0) is 0 Å². The molecule has 0 saturated carbocycles. The van der Waals surface area contributed by atoms with Gasteiger partial charge < -0.3 is 9.72 Å². The molecule has 0 bridgehead atoms. The fraction of sp³-hybridized carbons (Fsp3) is 0.167. The molecule has 0 aliphatic heterocycles. The third-order valence-electron chi connectivity index (χ3n) is 1.09. The lowest BCUT2D eigenvalue weighted by Gasteiger charge is -1.94. The highest BCUT2D eigenvalue weighted by atomic mass is 16.5. The van der Waals surface area contributed by atoms with Crippen LogP contribution in [0.25, 0.3) is 0 Å². The Hall–Kier alpha value is -1.65. The first-order valence-electron chi connectivity index (χ1n) is 2.87. The van der Waals surface area contributed by atoms with Gasteiger partial charge in [-0.1, -0.05) is 0 Å². The summed E-state index contributed by atoms with van der Waals surface area (Å²) in [5.74, 6) is -0.520. The molecule has 0 aromatic carbocycles. The van der Waals surface area contributed by atoms with Gasteiger partial charge in [-0.2, -0.15) is 0 Å². The van der Waals surface area contributed by atoms with Crippen LogP contribution in [0.3, 0.4) is 0 Å². The number of rotatable bonds is 1. The van der Waals surface area contributed by atoms with Crippen molar-refractivity contribution in [2.75, 3.05) is 7.11 Å². The van der Waals surface area contributed by atoms with Crippen molar-refractivity contribution in [3.63, 3.8) is 0 Å². The fourth-order valence-electron chi connectivity index (χ4n) is 0.572. The third kappa shape index (κ3) is 1.64. The SMILES string of the molecule is COC(=O)c1cnc(=O)[nH]c1. The molecule has 0 aliphatic rings. The summed E-state index contributed by atoms with van der Waals surface area (Å²) >= 11 is 0. The zero-order valence-corrected chi connectivity index (χ0v) is 5.83. The van der Waals surface area contributed by atoms with Gasteiger partial charge in [-0.25, -0.2) is 14.6 Å². The van der Waals surface area contributed by atoms with Crippen LogP contribution in [-0.4, -0.2) is 23.0 Å². The number of nitrogens with one attached hydrogen (secondary N) is 1. The van der Waals surface area contributed by atoms with E-state index in [-0.39, 0.29) is 5.56 Å². The number of nitrogens with zero attached hydrogens (tertiary/aromatic N) is 1. The molecule has 0 amide bonds. The van der Waals surface area contributed by atoms with Crippen molar-refractivity contribution in [2.24, 2.45) is 0 Å². The third-order valence-corrected chi connectivity index (χ3v) is 1.09. The number of aromatic amines is 1. The van der Waals surface area contributed by atoms with Gasteiger partial charge in [0, 0.05) is 12.4 Å². The van der Waals surface area contributed by atoms with Crippen molar-refractivity contribution in [1.82, 2.24) is 9.97 Å². The first kappa shape index (κ1) is 7.46. The van der Waals surface area contributed by atoms with Gasteiger partial charge in [-0.3, -0.25) is 0 Å². The number of hydrogen-bond acceptors (Lipinski definition) is 4. The molecule has 0 unspecified atom stereocenters.